The Morgan fingerprint density at radius 2 is 1.80 bits per heavy atom. The van der Waals surface area contributed by atoms with Gasteiger partial charge in [0.25, 0.3) is 11.6 Å². The molecule has 1 aromatic heterocycles. The van der Waals surface area contributed by atoms with Gasteiger partial charge in [-0.1, -0.05) is 29.8 Å². The number of non-ortho nitro benzene ring substituents is 1. The number of nitrogens with one attached hydrogen (secondary N) is 1. The Kier molecular flexibility index (Phi) is 4.67. The number of carbonyl (C=O) groups excluding carboxylic acids is 1. The quantitative estimate of drug-likeness (QED) is 0.565. The van der Waals surface area contributed by atoms with Crippen LogP contribution in [0.15, 0.2) is 60.9 Å². The van der Waals surface area contributed by atoms with Gasteiger partial charge in [0, 0.05) is 40.8 Å². The number of hydrogen-bond acceptors (Lipinski definition) is 5. The minimum absolute atomic E-state index is 0.0520. The number of aromatic nitrogens is 2. The molecule has 0 saturated carbocycles. The Hall–Kier alpha value is -3.32. The Morgan fingerprint density at radius 3 is 2.48 bits per heavy atom. The van der Waals surface area contributed by atoms with Crippen LogP contribution in [0.5, 0.6) is 0 Å². The average Bonchev–Trinajstić information content (AvgIpc) is 2.62. The van der Waals surface area contributed by atoms with E-state index in [2.05, 4.69) is 15.3 Å². The predicted molar refractivity (Wildman–Crippen MR) is 93.5 cm³/mol. The summed E-state index contributed by atoms with van der Waals surface area (Å²) in [6.45, 7) is 0. The number of amides is 1. The monoisotopic (exact) mass is 354 g/mol. The summed E-state index contributed by atoms with van der Waals surface area (Å²) in [7, 11) is 0. The lowest BCUT2D eigenvalue weighted by molar-refractivity contribution is -0.384. The van der Waals surface area contributed by atoms with Crippen molar-refractivity contribution in [3.8, 4) is 11.4 Å². The van der Waals surface area contributed by atoms with Crippen LogP contribution in [-0.4, -0.2) is 20.8 Å². The molecule has 0 aliphatic heterocycles. The molecule has 1 heterocycles. The van der Waals surface area contributed by atoms with Gasteiger partial charge in [-0.25, -0.2) is 9.97 Å². The molecule has 7 nitrogen and oxygen atoms in total. The highest BCUT2D eigenvalue weighted by atomic mass is 35.5. The van der Waals surface area contributed by atoms with Crippen LogP contribution < -0.4 is 5.32 Å². The van der Waals surface area contributed by atoms with Crippen LogP contribution in [0, 0.1) is 10.1 Å². The first-order valence-corrected chi connectivity index (χ1v) is 7.54. The molecule has 8 heteroatoms. The SMILES string of the molecule is O=C(Nc1cccc(Cl)c1)c1cnc(-c2cccc([N+](=O)[O-])c2)nc1. The van der Waals surface area contributed by atoms with E-state index in [1.165, 1.54) is 24.5 Å². The Labute approximate surface area is 147 Å². The van der Waals surface area contributed by atoms with Crippen molar-refractivity contribution in [1.29, 1.82) is 0 Å². The van der Waals surface area contributed by atoms with Gasteiger partial charge in [0.05, 0.1) is 10.5 Å². The van der Waals surface area contributed by atoms with Gasteiger partial charge < -0.3 is 5.32 Å². The third-order valence-corrected chi connectivity index (χ3v) is 3.55. The van der Waals surface area contributed by atoms with E-state index in [0.29, 0.717) is 22.1 Å². The number of carbonyl (C=O) groups is 1. The molecular formula is C17H11ClN4O3. The summed E-state index contributed by atoms with van der Waals surface area (Å²) >= 11 is 5.87. The molecule has 0 radical (unpaired) electrons. The van der Waals surface area contributed by atoms with Crippen molar-refractivity contribution < 1.29 is 9.72 Å². The minimum atomic E-state index is -0.490. The van der Waals surface area contributed by atoms with Crippen molar-refractivity contribution in [1.82, 2.24) is 9.97 Å². The van der Waals surface area contributed by atoms with Crippen LogP contribution in [0.2, 0.25) is 5.02 Å². The van der Waals surface area contributed by atoms with E-state index in [-0.39, 0.29) is 17.2 Å². The molecule has 0 aliphatic rings. The molecule has 124 valence electrons. The van der Waals surface area contributed by atoms with Crippen molar-refractivity contribution in [2.24, 2.45) is 0 Å². The normalized spacial score (nSPS) is 10.3. The second-order valence-corrected chi connectivity index (χ2v) is 5.50. The number of hydrogen-bond donors (Lipinski definition) is 1. The fraction of sp³-hybridized carbons (Fsp3) is 0. The number of nitro benzene ring substituents is 1. The van der Waals surface area contributed by atoms with Crippen LogP contribution in [0.4, 0.5) is 11.4 Å². The fourth-order valence-corrected chi connectivity index (χ4v) is 2.31. The topological polar surface area (TPSA) is 98.0 Å². The van der Waals surface area contributed by atoms with Crippen molar-refractivity contribution in [3.63, 3.8) is 0 Å². The number of benzene rings is 2. The maximum Gasteiger partial charge on any atom is 0.270 e. The lowest BCUT2D eigenvalue weighted by Crippen LogP contribution is -2.12. The van der Waals surface area contributed by atoms with Crippen LogP contribution in [0.1, 0.15) is 10.4 Å². The lowest BCUT2D eigenvalue weighted by atomic mass is 10.2. The molecule has 0 spiro atoms. The zero-order chi connectivity index (χ0) is 17.8. The maximum atomic E-state index is 12.2. The predicted octanol–water partition coefficient (Wildman–Crippen LogP) is 3.96. The number of nitro groups is 1. The van der Waals surface area contributed by atoms with E-state index in [1.54, 1.807) is 36.4 Å². The first-order chi connectivity index (χ1) is 12.0. The number of anilines is 1. The van der Waals surface area contributed by atoms with Gasteiger partial charge in [-0.15, -0.1) is 0 Å². The van der Waals surface area contributed by atoms with E-state index in [4.69, 9.17) is 11.6 Å². The summed E-state index contributed by atoms with van der Waals surface area (Å²) < 4.78 is 0. The Bertz CT molecular complexity index is 945. The van der Waals surface area contributed by atoms with E-state index >= 15 is 0 Å². The summed E-state index contributed by atoms with van der Waals surface area (Å²) in [5, 5.41) is 14.0. The van der Waals surface area contributed by atoms with E-state index in [0.717, 1.165) is 0 Å². The van der Waals surface area contributed by atoms with Gasteiger partial charge in [0.15, 0.2) is 5.82 Å². The summed E-state index contributed by atoms with van der Waals surface area (Å²) in [4.78, 5) is 30.7. The van der Waals surface area contributed by atoms with Gasteiger partial charge in [0.1, 0.15) is 0 Å². The van der Waals surface area contributed by atoms with E-state index < -0.39 is 4.92 Å². The molecule has 3 rings (SSSR count). The van der Waals surface area contributed by atoms with Crippen molar-refractivity contribution in [3.05, 3.63) is 81.6 Å². The molecule has 0 atom stereocenters. The van der Waals surface area contributed by atoms with Crippen LogP contribution in [0.25, 0.3) is 11.4 Å². The smallest absolute Gasteiger partial charge is 0.270 e. The van der Waals surface area contributed by atoms with E-state index in [1.807, 2.05) is 0 Å². The van der Waals surface area contributed by atoms with Crippen LogP contribution in [0.3, 0.4) is 0 Å². The van der Waals surface area contributed by atoms with Crippen molar-refractivity contribution in [2.75, 3.05) is 5.32 Å². The highest BCUT2D eigenvalue weighted by Crippen LogP contribution is 2.21. The number of halogens is 1. The first kappa shape index (κ1) is 16.5. The second kappa shape index (κ2) is 7.06. The standard InChI is InChI=1S/C17H11ClN4O3/c18-13-4-2-5-14(8-13)21-17(23)12-9-19-16(20-10-12)11-3-1-6-15(7-11)22(24)25/h1-10H,(H,21,23). The zero-order valence-corrected chi connectivity index (χ0v) is 13.5. The molecule has 1 N–H and O–H groups in total. The molecule has 0 bridgehead atoms. The van der Waals surface area contributed by atoms with Crippen molar-refractivity contribution in [2.45, 2.75) is 0 Å². The highest BCUT2D eigenvalue weighted by Gasteiger charge is 2.11. The summed E-state index contributed by atoms with van der Waals surface area (Å²) in [6.07, 6.45) is 2.72. The van der Waals surface area contributed by atoms with Gasteiger partial charge >= 0.3 is 0 Å². The molecule has 2 aromatic carbocycles. The number of rotatable bonds is 4. The first-order valence-electron chi connectivity index (χ1n) is 7.17. The van der Waals surface area contributed by atoms with Gasteiger partial charge in [-0.05, 0) is 18.2 Å². The molecule has 1 amide bonds. The lowest BCUT2D eigenvalue weighted by Gasteiger charge is -2.06. The van der Waals surface area contributed by atoms with Gasteiger partial charge in [-0.3, -0.25) is 14.9 Å². The highest BCUT2D eigenvalue weighted by molar-refractivity contribution is 6.30. The van der Waals surface area contributed by atoms with Crippen molar-refractivity contribution >= 4 is 28.9 Å². The van der Waals surface area contributed by atoms with E-state index in [9.17, 15) is 14.9 Å². The maximum absolute atomic E-state index is 12.2. The number of nitrogens with zero attached hydrogens (tertiary/aromatic N) is 3. The van der Waals surface area contributed by atoms with Crippen LogP contribution in [-0.2, 0) is 0 Å². The zero-order valence-electron chi connectivity index (χ0n) is 12.7. The minimum Gasteiger partial charge on any atom is -0.322 e. The largest absolute Gasteiger partial charge is 0.322 e. The summed E-state index contributed by atoms with van der Waals surface area (Å²) in [5.74, 6) is -0.0872. The molecule has 0 unspecified atom stereocenters. The molecule has 0 saturated heterocycles. The van der Waals surface area contributed by atoms with Gasteiger partial charge in [-0.2, -0.15) is 0 Å². The fourth-order valence-electron chi connectivity index (χ4n) is 2.12. The summed E-state index contributed by atoms with van der Waals surface area (Å²) in [5.41, 5.74) is 1.26. The van der Waals surface area contributed by atoms with Crippen LogP contribution >= 0.6 is 11.6 Å². The third-order valence-electron chi connectivity index (χ3n) is 3.31. The Balaban J connectivity index is 1.79. The second-order valence-electron chi connectivity index (χ2n) is 5.07. The molecular weight excluding hydrogens is 344 g/mol. The van der Waals surface area contributed by atoms with Gasteiger partial charge in [0.2, 0.25) is 0 Å². The molecule has 3 aromatic rings. The molecule has 0 aliphatic carbocycles. The average molecular weight is 355 g/mol. The summed E-state index contributed by atoms with van der Waals surface area (Å²) in [6, 6.07) is 12.7. The molecule has 25 heavy (non-hydrogen) atoms. The molecule has 0 fully saturated rings. The Morgan fingerprint density at radius 1 is 1.08 bits per heavy atom. The third kappa shape index (κ3) is 3.96.